The largest absolute Gasteiger partial charge is 0.293 e. The Morgan fingerprint density at radius 3 is 2.20 bits per heavy atom. The molecule has 0 N–H and O–H groups in total. The molecular formula is C16H23F2NO. The van der Waals surface area contributed by atoms with E-state index >= 15 is 0 Å². The first-order chi connectivity index (χ1) is 9.05. The van der Waals surface area contributed by atoms with E-state index in [9.17, 15) is 13.6 Å². The minimum atomic E-state index is -0.807. The van der Waals surface area contributed by atoms with Crippen LogP contribution in [0, 0.1) is 17.0 Å². The van der Waals surface area contributed by atoms with Crippen LogP contribution in [-0.4, -0.2) is 29.8 Å². The molecular weight excluding hydrogens is 260 g/mol. The van der Waals surface area contributed by atoms with Gasteiger partial charge in [0.15, 0.2) is 5.78 Å². The van der Waals surface area contributed by atoms with Crippen molar-refractivity contribution in [1.82, 2.24) is 4.90 Å². The number of Topliss-reactive ketones (excluding diaryl/α,β-unsaturated/α-hetero) is 1. The minimum absolute atomic E-state index is 0.00459. The highest BCUT2D eigenvalue weighted by atomic mass is 19.1. The van der Waals surface area contributed by atoms with Gasteiger partial charge in [0.1, 0.15) is 11.6 Å². The number of likely N-dealkylation sites (N-methyl/N-ethyl adjacent to an activating group) is 1. The molecule has 0 radical (unpaired) electrons. The number of hydrogen-bond donors (Lipinski definition) is 0. The van der Waals surface area contributed by atoms with Crippen LogP contribution in [0.1, 0.15) is 45.0 Å². The Morgan fingerprint density at radius 2 is 1.75 bits per heavy atom. The average Bonchev–Trinajstić information content (AvgIpc) is 2.34. The van der Waals surface area contributed by atoms with E-state index in [2.05, 4.69) is 20.8 Å². The molecule has 2 nitrogen and oxygen atoms in total. The summed E-state index contributed by atoms with van der Waals surface area (Å²) in [5.41, 5.74) is -0.0585. The molecule has 0 heterocycles. The van der Waals surface area contributed by atoms with Crippen LogP contribution in [0.2, 0.25) is 0 Å². The smallest absolute Gasteiger partial charge is 0.182 e. The number of carbonyl (C=O) groups is 1. The van der Waals surface area contributed by atoms with Crippen molar-refractivity contribution in [3.63, 3.8) is 0 Å². The van der Waals surface area contributed by atoms with Gasteiger partial charge in [-0.25, -0.2) is 8.78 Å². The van der Waals surface area contributed by atoms with Crippen LogP contribution < -0.4 is 0 Å². The van der Waals surface area contributed by atoms with Gasteiger partial charge in [0, 0.05) is 12.1 Å². The second-order valence-electron chi connectivity index (χ2n) is 6.37. The van der Waals surface area contributed by atoms with Gasteiger partial charge in [-0.15, -0.1) is 0 Å². The fourth-order valence-corrected chi connectivity index (χ4v) is 2.05. The fraction of sp³-hybridized carbons (Fsp3) is 0.562. The Morgan fingerprint density at radius 1 is 1.20 bits per heavy atom. The predicted molar refractivity (Wildman–Crippen MR) is 76.8 cm³/mol. The molecule has 0 saturated heterocycles. The monoisotopic (exact) mass is 283 g/mol. The van der Waals surface area contributed by atoms with E-state index in [1.165, 1.54) is 6.07 Å². The first-order valence-corrected chi connectivity index (χ1v) is 6.77. The molecule has 0 aliphatic heterocycles. The summed E-state index contributed by atoms with van der Waals surface area (Å²) >= 11 is 0. The molecule has 2 unspecified atom stereocenters. The zero-order valence-electron chi connectivity index (χ0n) is 13.0. The lowest BCUT2D eigenvalue weighted by Crippen LogP contribution is -2.47. The molecule has 0 spiro atoms. The van der Waals surface area contributed by atoms with Gasteiger partial charge < -0.3 is 0 Å². The van der Waals surface area contributed by atoms with E-state index in [1.807, 2.05) is 18.9 Å². The summed E-state index contributed by atoms with van der Waals surface area (Å²) in [4.78, 5) is 14.3. The van der Waals surface area contributed by atoms with E-state index in [0.717, 1.165) is 12.1 Å². The highest BCUT2D eigenvalue weighted by molar-refractivity contribution is 6.00. The summed E-state index contributed by atoms with van der Waals surface area (Å²) in [7, 11) is 1.85. The third kappa shape index (κ3) is 3.63. The molecule has 0 fully saturated rings. The van der Waals surface area contributed by atoms with E-state index in [-0.39, 0.29) is 22.8 Å². The molecule has 2 atom stereocenters. The molecule has 1 rings (SSSR count). The van der Waals surface area contributed by atoms with Crippen molar-refractivity contribution in [1.29, 1.82) is 0 Å². The number of halogens is 2. The second kappa shape index (κ2) is 6.00. The van der Waals surface area contributed by atoms with Crippen LogP contribution in [-0.2, 0) is 0 Å². The summed E-state index contributed by atoms with van der Waals surface area (Å²) < 4.78 is 26.6. The predicted octanol–water partition coefficient (Wildman–Crippen LogP) is 3.90. The van der Waals surface area contributed by atoms with Crippen LogP contribution in [0.15, 0.2) is 18.2 Å². The van der Waals surface area contributed by atoms with Crippen LogP contribution in [0.5, 0.6) is 0 Å². The lowest BCUT2D eigenvalue weighted by atomic mass is 9.86. The lowest BCUT2D eigenvalue weighted by molar-refractivity contribution is 0.0691. The first-order valence-electron chi connectivity index (χ1n) is 6.77. The van der Waals surface area contributed by atoms with Crippen molar-refractivity contribution in [2.24, 2.45) is 5.41 Å². The second-order valence-corrected chi connectivity index (χ2v) is 6.37. The van der Waals surface area contributed by atoms with Crippen molar-refractivity contribution < 1.29 is 13.6 Å². The first kappa shape index (κ1) is 16.8. The number of ketones is 1. The average molecular weight is 283 g/mol. The molecule has 0 aliphatic carbocycles. The SMILES string of the molecule is CC(C(=O)c1ccc(F)cc1F)N(C)C(C)C(C)(C)C. The highest BCUT2D eigenvalue weighted by Crippen LogP contribution is 2.25. The van der Waals surface area contributed by atoms with Crippen LogP contribution in [0.4, 0.5) is 8.78 Å². The summed E-state index contributed by atoms with van der Waals surface area (Å²) in [5, 5.41) is 0. The van der Waals surface area contributed by atoms with Crippen LogP contribution in [0.25, 0.3) is 0 Å². The number of benzene rings is 1. The van der Waals surface area contributed by atoms with Gasteiger partial charge >= 0.3 is 0 Å². The van der Waals surface area contributed by atoms with Gasteiger partial charge in [-0.3, -0.25) is 9.69 Å². The number of rotatable bonds is 4. The maximum Gasteiger partial charge on any atom is 0.182 e. The van der Waals surface area contributed by atoms with Crippen LogP contribution in [0.3, 0.4) is 0 Å². The summed E-state index contributed by atoms with van der Waals surface area (Å²) in [6.45, 7) is 10.0. The van der Waals surface area contributed by atoms with Gasteiger partial charge in [-0.1, -0.05) is 20.8 Å². The zero-order valence-corrected chi connectivity index (χ0v) is 13.0. The van der Waals surface area contributed by atoms with Crippen molar-refractivity contribution >= 4 is 5.78 Å². The van der Waals surface area contributed by atoms with E-state index in [1.54, 1.807) is 6.92 Å². The highest BCUT2D eigenvalue weighted by Gasteiger charge is 2.31. The number of carbonyl (C=O) groups excluding carboxylic acids is 1. The van der Waals surface area contributed by atoms with E-state index in [4.69, 9.17) is 0 Å². The molecule has 0 amide bonds. The topological polar surface area (TPSA) is 20.3 Å². The maximum atomic E-state index is 13.7. The Balaban J connectivity index is 2.97. The molecule has 4 heteroatoms. The number of hydrogen-bond acceptors (Lipinski definition) is 2. The molecule has 0 saturated carbocycles. The van der Waals surface area contributed by atoms with Gasteiger partial charge in [-0.2, -0.15) is 0 Å². The fourth-order valence-electron chi connectivity index (χ4n) is 2.05. The zero-order chi connectivity index (χ0) is 15.7. The molecule has 1 aromatic rings. The van der Waals surface area contributed by atoms with E-state index < -0.39 is 17.7 Å². The minimum Gasteiger partial charge on any atom is -0.293 e. The quantitative estimate of drug-likeness (QED) is 0.781. The normalized spacial score (nSPS) is 15.2. The lowest BCUT2D eigenvalue weighted by Gasteiger charge is -2.38. The summed E-state index contributed by atoms with van der Waals surface area (Å²) in [6, 6.07) is 2.73. The standard InChI is InChI=1S/C16H23F2NO/c1-10(19(6)11(2)16(3,4)5)15(20)13-8-7-12(17)9-14(13)18/h7-11H,1-6H3. The summed E-state index contributed by atoms with van der Waals surface area (Å²) in [6.07, 6.45) is 0. The Kier molecular flexibility index (Phi) is 5.03. The molecule has 0 aliphatic rings. The molecule has 1 aromatic carbocycles. The summed E-state index contributed by atoms with van der Waals surface area (Å²) in [5.74, 6) is -1.82. The van der Waals surface area contributed by atoms with Crippen molar-refractivity contribution in [3.8, 4) is 0 Å². The Hall–Kier alpha value is -1.29. The molecule has 112 valence electrons. The molecule has 0 bridgehead atoms. The Labute approximate surface area is 119 Å². The van der Waals surface area contributed by atoms with Gasteiger partial charge in [0.25, 0.3) is 0 Å². The van der Waals surface area contributed by atoms with Crippen molar-refractivity contribution in [3.05, 3.63) is 35.4 Å². The van der Waals surface area contributed by atoms with Gasteiger partial charge in [0.05, 0.1) is 11.6 Å². The van der Waals surface area contributed by atoms with Gasteiger partial charge in [-0.05, 0) is 38.4 Å². The molecule has 20 heavy (non-hydrogen) atoms. The number of nitrogens with zero attached hydrogens (tertiary/aromatic N) is 1. The Bertz CT molecular complexity index is 494. The molecule has 0 aromatic heterocycles. The van der Waals surface area contributed by atoms with Gasteiger partial charge in [0.2, 0.25) is 0 Å². The van der Waals surface area contributed by atoms with Crippen LogP contribution >= 0.6 is 0 Å². The third-order valence-corrected chi connectivity index (χ3v) is 4.05. The third-order valence-electron chi connectivity index (χ3n) is 4.05. The maximum absolute atomic E-state index is 13.7. The van der Waals surface area contributed by atoms with E-state index in [0.29, 0.717) is 0 Å². The van der Waals surface area contributed by atoms with Crippen molar-refractivity contribution in [2.75, 3.05) is 7.05 Å². The van der Waals surface area contributed by atoms with Crippen molar-refractivity contribution in [2.45, 2.75) is 46.7 Å².